The van der Waals surface area contributed by atoms with Gasteiger partial charge in [-0.25, -0.2) is 4.79 Å². The van der Waals surface area contributed by atoms with E-state index in [1.165, 1.54) is 49.0 Å². The zero-order chi connectivity index (χ0) is 17.5. The van der Waals surface area contributed by atoms with Crippen LogP contribution in [-0.2, 0) is 13.1 Å². The molecule has 3 rings (SSSR count). The molecular formula is C21H27N3O. The third-order valence-corrected chi connectivity index (χ3v) is 4.71. The number of urea groups is 1. The van der Waals surface area contributed by atoms with Crippen molar-refractivity contribution in [3.8, 4) is 0 Å². The molecule has 2 amide bonds. The third kappa shape index (κ3) is 5.33. The van der Waals surface area contributed by atoms with Crippen molar-refractivity contribution in [3.05, 3.63) is 65.2 Å². The third-order valence-electron chi connectivity index (χ3n) is 4.71. The minimum absolute atomic E-state index is 0.170. The van der Waals surface area contributed by atoms with E-state index < -0.39 is 0 Å². The van der Waals surface area contributed by atoms with Crippen LogP contribution >= 0.6 is 0 Å². The molecule has 4 heteroatoms. The summed E-state index contributed by atoms with van der Waals surface area (Å²) in [6.45, 7) is 5.90. The Balaban J connectivity index is 1.55. The van der Waals surface area contributed by atoms with E-state index in [1.807, 2.05) is 37.3 Å². The standard InChI is InChI=1S/C21H27N3O/c1-17-9-11-20(12-10-17)23-21(25)22-15-18-7-3-4-8-19(18)16-24-13-5-2-6-14-24/h3-4,7-12H,2,5-6,13-16H2,1H3,(H2,22,23,25). The van der Waals surface area contributed by atoms with Crippen molar-refractivity contribution in [3.63, 3.8) is 0 Å². The zero-order valence-electron chi connectivity index (χ0n) is 14.9. The molecule has 1 aliphatic heterocycles. The molecule has 4 nitrogen and oxygen atoms in total. The van der Waals surface area contributed by atoms with Gasteiger partial charge in [-0.1, -0.05) is 48.4 Å². The maximum Gasteiger partial charge on any atom is 0.319 e. The topological polar surface area (TPSA) is 44.4 Å². The number of nitrogens with one attached hydrogen (secondary N) is 2. The van der Waals surface area contributed by atoms with Crippen molar-refractivity contribution in [1.82, 2.24) is 10.2 Å². The van der Waals surface area contributed by atoms with Gasteiger partial charge in [0.2, 0.25) is 0 Å². The van der Waals surface area contributed by atoms with Crippen LogP contribution in [0.25, 0.3) is 0 Å². The smallest absolute Gasteiger partial charge is 0.319 e. The molecule has 2 N–H and O–H groups in total. The van der Waals surface area contributed by atoms with Crippen molar-refractivity contribution in [2.45, 2.75) is 39.3 Å². The summed E-state index contributed by atoms with van der Waals surface area (Å²) < 4.78 is 0. The van der Waals surface area contributed by atoms with Crippen LogP contribution in [0.5, 0.6) is 0 Å². The summed E-state index contributed by atoms with van der Waals surface area (Å²) in [7, 11) is 0. The van der Waals surface area contributed by atoms with Crippen molar-refractivity contribution in [2.75, 3.05) is 18.4 Å². The number of aryl methyl sites for hydroxylation is 1. The Labute approximate surface area is 150 Å². The van der Waals surface area contributed by atoms with E-state index in [0.717, 1.165) is 12.2 Å². The molecule has 1 heterocycles. The summed E-state index contributed by atoms with van der Waals surface area (Å²) in [4.78, 5) is 14.6. The largest absolute Gasteiger partial charge is 0.334 e. The van der Waals surface area contributed by atoms with Gasteiger partial charge in [-0.3, -0.25) is 4.90 Å². The summed E-state index contributed by atoms with van der Waals surface area (Å²) in [6, 6.07) is 16.0. The van der Waals surface area contributed by atoms with Crippen LogP contribution in [-0.4, -0.2) is 24.0 Å². The van der Waals surface area contributed by atoms with Crippen molar-refractivity contribution in [2.24, 2.45) is 0 Å². The first-order valence-electron chi connectivity index (χ1n) is 9.11. The van der Waals surface area contributed by atoms with Crippen LogP contribution in [0.3, 0.4) is 0 Å². The number of hydrogen-bond donors (Lipinski definition) is 2. The van der Waals surface area contributed by atoms with Crippen molar-refractivity contribution >= 4 is 11.7 Å². The highest BCUT2D eigenvalue weighted by Crippen LogP contribution is 2.16. The zero-order valence-corrected chi connectivity index (χ0v) is 14.9. The van der Waals surface area contributed by atoms with Crippen LogP contribution in [0, 0.1) is 6.92 Å². The first kappa shape index (κ1) is 17.5. The number of amides is 2. The maximum atomic E-state index is 12.1. The van der Waals surface area contributed by atoms with Gasteiger partial charge in [-0.15, -0.1) is 0 Å². The molecule has 25 heavy (non-hydrogen) atoms. The van der Waals surface area contributed by atoms with Gasteiger partial charge >= 0.3 is 6.03 Å². The minimum Gasteiger partial charge on any atom is -0.334 e. The summed E-state index contributed by atoms with van der Waals surface area (Å²) in [5.74, 6) is 0. The molecule has 0 spiro atoms. The fourth-order valence-corrected chi connectivity index (χ4v) is 3.23. The van der Waals surface area contributed by atoms with Gasteiger partial charge in [0.1, 0.15) is 0 Å². The number of likely N-dealkylation sites (tertiary alicyclic amines) is 1. The molecule has 0 saturated carbocycles. The Morgan fingerprint density at radius 1 is 0.960 bits per heavy atom. The van der Waals surface area contributed by atoms with E-state index >= 15 is 0 Å². The van der Waals surface area contributed by atoms with E-state index in [1.54, 1.807) is 0 Å². The maximum absolute atomic E-state index is 12.1. The summed E-state index contributed by atoms with van der Waals surface area (Å²) in [5.41, 5.74) is 4.48. The molecule has 2 aromatic carbocycles. The molecule has 0 bridgehead atoms. The van der Waals surface area contributed by atoms with Gasteiger partial charge in [0, 0.05) is 18.8 Å². The second-order valence-corrected chi connectivity index (χ2v) is 6.78. The van der Waals surface area contributed by atoms with E-state index in [9.17, 15) is 4.79 Å². The Bertz CT molecular complexity index is 691. The molecule has 1 fully saturated rings. The Morgan fingerprint density at radius 3 is 2.36 bits per heavy atom. The number of piperidine rings is 1. The second-order valence-electron chi connectivity index (χ2n) is 6.78. The summed E-state index contributed by atoms with van der Waals surface area (Å²) >= 11 is 0. The van der Waals surface area contributed by atoms with Crippen molar-refractivity contribution < 1.29 is 4.79 Å². The van der Waals surface area contributed by atoms with Gasteiger partial charge in [0.25, 0.3) is 0 Å². The SMILES string of the molecule is Cc1ccc(NC(=O)NCc2ccccc2CN2CCCCC2)cc1. The molecule has 0 aliphatic carbocycles. The fourth-order valence-electron chi connectivity index (χ4n) is 3.23. The molecule has 132 valence electrons. The number of carbonyl (C=O) groups excluding carboxylic acids is 1. The van der Waals surface area contributed by atoms with Crippen LogP contribution in [0.15, 0.2) is 48.5 Å². The minimum atomic E-state index is -0.170. The summed E-state index contributed by atoms with van der Waals surface area (Å²) in [5, 5.41) is 5.85. The lowest BCUT2D eigenvalue weighted by molar-refractivity contribution is 0.220. The van der Waals surface area contributed by atoms with Gasteiger partial charge in [-0.05, 0) is 56.1 Å². The van der Waals surface area contributed by atoms with E-state index in [2.05, 4.69) is 33.7 Å². The Kier molecular flexibility index (Phi) is 6.07. The Morgan fingerprint density at radius 2 is 1.64 bits per heavy atom. The molecule has 0 unspecified atom stereocenters. The lowest BCUT2D eigenvalue weighted by Crippen LogP contribution is -2.31. The number of anilines is 1. The van der Waals surface area contributed by atoms with Gasteiger partial charge < -0.3 is 10.6 Å². The molecule has 1 aliphatic rings. The molecule has 2 aromatic rings. The number of benzene rings is 2. The lowest BCUT2D eigenvalue weighted by atomic mass is 10.0. The highest BCUT2D eigenvalue weighted by Gasteiger charge is 2.12. The predicted molar refractivity (Wildman–Crippen MR) is 103 cm³/mol. The fraction of sp³-hybridized carbons (Fsp3) is 0.381. The second kappa shape index (κ2) is 8.67. The monoisotopic (exact) mass is 337 g/mol. The van der Waals surface area contributed by atoms with Gasteiger partial charge in [-0.2, -0.15) is 0 Å². The first-order valence-corrected chi connectivity index (χ1v) is 9.11. The molecular weight excluding hydrogens is 310 g/mol. The molecule has 0 radical (unpaired) electrons. The number of carbonyl (C=O) groups is 1. The van der Waals surface area contributed by atoms with Gasteiger partial charge in [0.05, 0.1) is 0 Å². The average Bonchev–Trinajstić information content (AvgIpc) is 2.64. The lowest BCUT2D eigenvalue weighted by Gasteiger charge is -2.27. The van der Waals surface area contributed by atoms with E-state index in [0.29, 0.717) is 6.54 Å². The van der Waals surface area contributed by atoms with Crippen LogP contribution in [0.2, 0.25) is 0 Å². The highest BCUT2D eigenvalue weighted by molar-refractivity contribution is 5.89. The van der Waals surface area contributed by atoms with E-state index in [-0.39, 0.29) is 6.03 Å². The Hall–Kier alpha value is -2.33. The van der Waals surface area contributed by atoms with Crippen LogP contribution < -0.4 is 10.6 Å². The predicted octanol–water partition coefficient (Wildman–Crippen LogP) is 4.30. The quantitative estimate of drug-likeness (QED) is 0.854. The molecule has 0 atom stereocenters. The normalized spacial score (nSPS) is 14.9. The van der Waals surface area contributed by atoms with Gasteiger partial charge in [0.15, 0.2) is 0 Å². The highest BCUT2D eigenvalue weighted by atomic mass is 16.2. The van der Waals surface area contributed by atoms with Crippen LogP contribution in [0.4, 0.5) is 10.5 Å². The van der Waals surface area contributed by atoms with Crippen molar-refractivity contribution in [1.29, 1.82) is 0 Å². The number of hydrogen-bond acceptors (Lipinski definition) is 2. The first-order chi connectivity index (χ1) is 12.2. The molecule has 1 saturated heterocycles. The average molecular weight is 337 g/mol. The van der Waals surface area contributed by atoms with Crippen LogP contribution in [0.1, 0.15) is 36.0 Å². The molecule has 0 aromatic heterocycles. The number of rotatable bonds is 5. The number of nitrogens with zero attached hydrogens (tertiary/aromatic N) is 1. The summed E-state index contributed by atoms with van der Waals surface area (Å²) in [6.07, 6.45) is 3.93. The van der Waals surface area contributed by atoms with E-state index in [4.69, 9.17) is 0 Å².